The highest BCUT2D eigenvalue weighted by molar-refractivity contribution is 6.13. The number of hydrogen-bond donors (Lipinski definition) is 0. The Kier molecular flexibility index (Phi) is 5.96. The van der Waals surface area contributed by atoms with Crippen molar-refractivity contribution in [3.63, 3.8) is 0 Å². The summed E-state index contributed by atoms with van der Waals surface area (Å²) in [5.41, 5.74) is 4.75. The molecule has 1 aliphatic rings. The molecule has 2 atom stereocenters. The molecule has 1 heterocycles. The first-order valence-electron chi connectivity index (χ1n) is 12.4. The third-order valence-corrected chi connectivity index (χ3v) is 6.98. The Morgan fingerprint density at radius 2 is 1.28 bits per heavy atom. The fourth-order valence-electron chi connectivity index (χ4n) is 5.31. The van der Waals surface area contributed by atoms with Crippen LogP contribution < -0.4 is 4.74 Å². The van der Waals surface area contributed by atoms with Gasteiger partial charge in [0.05, 0.1) is 18.7 Å². The molecule has 6 rings (SSSR count). The quantitative estimate of drug-likeness (QED) is 0.256. The standard InChI is InChI=1S/C33H28N2O/c1-36-29-22-21-25-15-11-12-20-28(25)30(29)33-34-31(26-16-7-3-8-17-26)32(27-18-9-4-10-19-27)35(33)23-24-13-5-2-6-14-24/h2-22,31-32H,23H2,1H3/t31-,32-/m0/s1. The highest BCUT2D eigenvalue weighted by Crippen LogP contribution is 2.46. The van der Waals surface area contributed by atoms with E-state index in [2.05, 4.69) is 132 Å². The Morgan fingerprint density at radius 1 is 0.667 bits per heavy atom. The summed E-state index contributed by atoms with van der Waals surface area (Å²) in [5, 5.41) is 2.32. The van der Waals surface area contributed by atoms with E-state index < -0.39 is 0 Å². The van der Waals surface area contributed by atoms with Gasteiger partial charge in [-0.1, -0.05) is 121 Å². The third kappa shape index (κ3) is 4.03. The van der Waals surface area contributed by atoms with E-state index in [1.54, 1.807) is 7.11 Å². The van der Waals surface area contributed by atoms with Gasteiger partial charge in [-0.25, -0.2) is 0 Å². The second kappa shape index (κ2) is 9.71. The number of fused-ring (bicyclic) bond motifs is 1. The molecule has 0 fully saturated rings. The number of amidine groups is 1. The molecule has 0 unspecified atom stereocenters. The topological polar surface area (TPSA) is 24.8 Å². The molecule has 0 spiro atoms. The zero-order valence-electron chi connectivity index (χ0n) is 20.3. The summed E-state index contributed by atoms with van der Waals surface area (Å²) < 4.78 is 5.94. The molecule has 0 N–H and O–H groups in total. The number of ether oxygens (including phenoxy) is 1. The lowest BCUT2D eigenvalue weighted by molar-refractivity contribution is 0.304. The van der Waals surface area contributed by atoms with Crippen LogP contribution in [0.1, 0.15) is 34.3 Å². The van der Waals surface area contributed by atoms with Crippen molar-refractivity contribution in [1.82, 2.24) is 4.90 Å². The molecular weight excluding hydrogens is 440 g/mol. The second-order valence-electron chi connectivity index (χ2n) is 9.14. The first-order chi connectivity index (χ1) is 17.8. The molecule has 3 nitrogen and oxygen atoms in total. The maximum atomic E-state index is 5.94. The normalized spacial score (nSPS) is 17.2. The van der Waals surface area contributed by atoms with E-state index in [9.17, 15) is 0 Å². The van der Waals surface area contributed by atoms with E-state index in [0.717, 1.165) is 29.1 Å². The van der Waals surface area contributed by atoms with Gasteiger partial charge < -0.3 is 9.64 Å². The van der Waals surface area contributed by atoms with E-state index in [1.807, 2.05) is 0 Å². The maximum Gasteiger partial charge on any atom is 0.136 e. The molecule has 0 saturated carbocycles. The van der Waals surface area contributed by atoms with Crippen LogP contribution in [0.2, 0.25) is 0 Å². The summed E-state index contributed by atoms with van der Waals surface area (Å²) in [6.07, 6.45) is 0. The van der Waals surface area contributed by atoms with Gasteiger partial charge in [0.15, 0.2) is 0 Å². The van der Waals surface area contributed by atoms with Crippen molar-refractivity contribution in [2.24, 2.45) is 4.99 Å². The first kappa shape index (κ1) is 22.1. The molecule has 5 aromatic carbocycles. The third-order valence-electron chi connectivity index (χ3n) is 6.98. The van der Waals surface area contributed by atoms with Crippen LogP contribution in [-0.4, -0.2) is 17.8 Å². The molecular formula is C33H28N2O. The van der Waals surface area contributed by atoms with Gasteiger partial charge in [0.2, 0.25) is 0 Å². The Morgan fingerprint density at radius 3 is 1.97 bits per heavy atom. The highest BCUT2D eigenvalue weighted by atomic mass is 16.5. The van der Waals surface area contributed by atoms with Gasteiger partial charge >= 0.3 is 0 Å². The van der Waals surface area contributed by atoms with Gasteiger partial charge in [-0.05, 0) is 33.5 Å². The van der Waals surface area contributed by atoms with E-state index >= 15 is 0 Å². The average Bonchev–Trinajstić information content (AvgIpc) is 3.32. The Balaban J connectivity index is 1.60. The number of aliphatic imine (C=N–C) groups is 1. The summed E-state index contributed by atoms with van der Waals surface area (Å²) in [4.78, 5) is 7.95. The molecule has 0 amide bonds. The van der Waals surface area contributed by atoms with E-state index in [1.165, 1.54) is 22.1 Å². The van der Waals surface area contributed by atoms with Crippen molar-refractivity contribution in [1.29, 1.82) is 0 Å². The fourth-order valence-corrected chi connectivity index (χ4v) is 5.31. The van der Waals surface area contributed by atoms with Gasteiger partial charge in [0, 0.05) is 6.54 Å². The summed E-state index contributed by atoms with van der Waals surface area (Å²) in [6, 6.07) is 44.7. The average molecular weight is 469 g/mol. The van der Waals surface area contributed by atoms with Crippen molar-refractivity contribution in [2.45, 2.75) is 18.6 Å². The van der Waals surface area contributed by atoms with Crippen LogP contribution in [0, 0.1) is 0 Å². The molecule has 5 aromatic rings. The minimum absolute atomic E-state index is 0.0454. The number of rotatable bonds is 6. The largest absolute Gasteiger partial charge is 0.496 e. The number of methoxy groups -OCH3 is 1. The van der Waals surface area contributed by atoms with Crippen molar-refractivity contribution >= 4 is 16.6 Å². The molecule has 0 aliphatic carbocycles. The minimum atomic E-state index is -0.0454. The lowest BCUT2D eigenvalue weighted by Gasteiger charge is -2.32. The van der Waals surface area contributed by atoms with Crippen LogP contribution in [-0.2, 0) is 6.54 Å². The summed E-state index contributed by atoms with van der Waals surface area (Å²) in [6.45, 7) is 0.745. The lowest BCUT2D eigenvalue weighted by atomic mass is 9.93. The Hall–Kier alpha value is -4.37. The Bertz CT molecular complexity index is 1500. The highest BCUT2D eigenvalue weighted by Gasteiger charge is 2.40. The monoisotopic (exact) mass is 468 g/mol. The SMILES string of the molecule is COc1ccc2ccccc2c1C1=N[C@@H](c2ccccc2)[C@H](c2ccccc2)N1Cc1ccccc1. The zero-order valence-corrected chi connectivity index (χ0v) is 20.3. The minimum Gasteiger partial charge on any atom is -0.496 e. The van der Waals surface area contributed by atoms with E-state index in [4.69, 9.17) is 9.73 Å². The molecule has 0 saturated heterocycles. The van der Waals surface area contributed by atoms with Crippen LogP contribution in [0.5, 0.6) is 5.75 Å². The van der Waals surface area contributed by atoms with Crippen molar-refractivity contribution in [3.8, 4) is 5.75 Å². The van der Waals surface area contributed by atoms with Crippen LogP contribution in [0.3, 0.4) is 0 Å². The zero-order chi connectivity index (χ0) is 24.3. The second-order valence-corrected chi connectivity index (χ2v) is 9.14. The molecule has 0 bridgehead atoms. The molecule has 36 heavy (non-hydrogen) atoms. The van der Waals surface area contributed by atoms with E-state index in [0.29, 0.717) is 0 Å². The molecule has 0 aromatic heterocycles. The molecule has 1 aliphatic heterocycles. The lowest BCUT2D eigenvalue weighted by Crippen LogP contribution is -2.32. The summed E-state index contributed by atoms with van der Waals surface area (Å²) >= 11 is 0. The van der Waals surface area contributed by atoms with Crippen LogP contribution in [0.4, 0.5) is 0 Å². The van der Waals surface area contributed by atoms with Gasteiger partial charge in [-0.2, -0.15) is 0 Å². The van der Waals surface area contributed by atoms with Crippen molar-refractivity contribution in [2.75, 3.05) is 7.11 Å². The Labute approximate surface area is 212 Å². The smallest absolute Gasteiger partial charge is 0.136 e. The van der Waals surface area contributed by atoms with Crippen LogP contribution in [0.15, 0.2) is 132 Å². The number of nitrogens with zero attached hydrogens (tertiary/aromatic N) is 2. The predicted octanol–water partition coefficient (Wildman–Crippen LogP) is 7.59. The predicted molar refractivity (Wildman–Crippen MR) is 147 cm³/mol. The first-order valence-corrected chi connectivity index (χ1v) is 12.4. The molecule has 0 radical (unpaired) electrons. The maximum absolute atomic E-state index is 5.94. The number of hydrogen-bond acceptors (Lipinski definition) is 3. The van der Waals surface area contributed by atoms with Gasteiger partial charge in [0.25, 0.3) is 0 Å². The van der Waals surface area contributed by atoms with Gasteiger partial charge in [-0.15, -0.1) is 0 Å². The van der Waals surface area contributed by atoms with Gasteiger partial charge in [-0.3, -0.25) is 4.99 Å². The summed E-state index contributed by atoms with van der Waals surface area (Å²) in [7, 11) is 1.74. The van der Waals surface area contributed by atoms with Crippen LogP contribution >= 0.6 is 0 Å². The summed E-state index contributed by atoms with van der Waals surface area (Å²) in [5.74, 6) is 1.81. The fraction of sp³-hybridized carbons (Fsp3) is 0.121. The van der Waals surface area contributed by atoms with Crippen LogP contribution in [0.25, 0.3) is 10.8 Å². The number of benzene rings is 5. The van der Waals surface area contributed by atoms with Gasteiger partial charge in [0.1, 0.15) is 17.6 Å². The van der Waals surface area contributed by atoms with Crippen molar-refractivity contribution in [3.05, 3.63) is 150 Å². The molecule has 3 heteroatoms. The van der Waals surface area contributed by atoms with Crippen molar-refractivity contribution < 1.29 is 4.74 Å². The molecule has 176 valence electrons. The van der Waals surface area contributed by atoms with E-state index in [-0.39, 0.29) is 12.1 Å².